The van der Waals surface area contributed by atoms with Gasteiger partial charge in [-0.05, 0) is 56.3 Å². The molecule has 2 atom stereocenters. The molecule has 0 aromatic rings. The maximum Gasteiger partial charge on any atom is 0.225 e. The zero-order valence-electron chi connectivity index (χ0n) is 9.74. The van der Waals surface area contributed by atoms with Crippen molar-refractivity contribution in [2.75, 3.05) is 6.54 Å². The van der Waals surface area contributed by atoms with Gasteiger partial charge in [0.25, 0.3) is 0 Å². The summed E-state index contributed by atoms with van der Waals surface area (Å²) in [4.78, 5) is 11.9. The van der Waals surface area contributed by atoms with E-state index in [4.69, 9.17) is 0 Å². The average molecular weight is 223 g/mol. The lowest BCUT2D eigenvalue weighted by molar-refractivity contribution is -0.127. The van der Waals surface area contributed by atoms with Crippen molar-refractivity contribution >= 4 is 5.91 Å². The molecule has 0 bridgehead atoms. The summed E-state index contributed by atoms with van der Waals surface area (Å²) in [7, 11) is 0. The molecule has 0 aromatic heterocycles. The Morgan fingerprint density at radius 3 is 2.50 bits per heavy atom. The van der Waals surface area contributed by atoms with Crippen LogP contribution in [0.4, 0.5) is 0 Å². The van der Waals surface area contributed by atoms with Gasteiger partial charge in [-0.2, -0.15) is 0 Å². The Labute approximate surface area is 96.6 Å². The van der Waals surface area contributed by atoms with Gasteiger partial charge in [-0.3, -0.25) is 4.79 Å². The number of carbonyl (C=O) groups is 1. The predicted molar refractivity (Wildman–Crippen MR) is 60.7 cm³/mol. The van der Waals surface area contributed by atoms with E-state index in [0.29, 0.717) is 5.41 Å². The van der Waals surface area contributed by atoms with Crippen molar-refractivity contribution in [2.45, 2.75) is 51.0 Å². The van der Waals surface area contributed by atoms with E-state index in [1.54, 1.807) is 0 Å². The minimum atomic E-state index is -0.393. The van der Waals surface area contributed by atoms with Crippen molar-refractivity contribution in [3.63, 3.8) is 0 Å². The van der Waals surface area contributed by atoms with Crippen molar-refractivity contribution in [2.24, 2.45) is 17.3 Å². The summed E-state index contributed by atoms with van der Waals surface area (Å²) in [6.45, 7) is 0.861. The molecule has 16 heavy (non-hydrogen) atoms. The molecule has 0 radical (unpaired) electrons. The molecule has 90 valence electrons. The fourth-order valence-electron chi connectivity index (χ4n) is 3.23. The largest absolute Gasteiger partial charge is 0.392 e. The molecule has 2 unspecified atom stereocenters. The first-order valence-electron chi connectivity index (χ1n) is 6.67. The van der Waals surface area contributed by atoms with Gasteiger partial charge >= 0.3 is 0 Å². The Morgan fingerprint density at radius 1 is 1.25 bits per heavy atom. The fourth-order valence-corrected chi connectivity index (χ4v) is 3.23. The quantitative estimate of drug-likeness (QED) is 0.758. The lowest BCUT2D eigenvalue weighted by atomic mass is 9.99. The molecule has 0 spiro atoms. The van der Waals surface area contributed by atoms with Gasteiger partial charge in [0.2, 0.25) is 5.91 Å². The third-order valence-electron chi connectivity index (χ3n) is 4.77. The highest BCUT2D eigenvalue weighted by Crippen LogP contribution is 2.60. The molecule has 0 aromatic carbocycles. The summed E-state index contributed by atoms with van der Waals surface area (Å²) in [5.74, 6) is 0.855. The van der Waals surface area contributed by atoms with Crippen molar-refractivity contribution in [1.29, 1.82) is 0 Å². The summed E-state index contributed by atoms with van der Waals surface area (Å²) in [5, 5.41) is 12.7. The lowest BCUT2D eigenvalue weighted by Gasteiger charge is -2.18. The van der Waals surface area contributed by atoms with Crippen LogP contribution in [0.1, 0.15) is 44.9 Å². The zero-order chi connectivity index (χ0) is 11.2. The second kappa shape index (κ2) is 3.73. The Hall–Kier alpha value is -0.570. The number of aliphatic hydroxyl groups is 1. The van der Waals surface area contributed by atoms with E-state index in [1.807, 2.05) is 0 Å². The van der Waals surface area contributed by atoms with Crippen molar-refractivity contribution in [1.82, 2.24) is 5.32 Å². The summed E-state index contributed by atoms with van der Waals surface area (Å²) < 4.78 is 0. The highest BCUT2D eigenvalue weighted by Gasteiger charge is 2.53. The Morgan fingerprint density at radius 2 is 2.00 bits per heavy atom. The minimum absolute atomic E-state index is 0.0944. The molecule has 3 nitrogen and oxygen atoms in total. The van der Waals surface area contributed by atoms with Gasteiger partial charge < -0.3 is 10.4 Å². The first-order valence-corrected chi connectivity index (χ1v) is 6.67. The van der Waals surface area contributed by atoms with Gasteiger partial charge in [0.15, 0.2) is 0 Å². The summed E-state index contributed by atoms with van der Waals surface area (Å²) in [6, 6.07) is 0. The standard InChI is InChI=1S/C13H21NO2/c15-11-3-1-2-10(11)12(16)14-8-13(6-7-13)9-4-5-9/h9-11,15H,1-8H2,(H,14,16). The molecule has 0 heterocycles. The monoisotopic (exact) mass is 223 g/mol. The van der Waals surface area contributed by atoms with Crippen LogP contribution >= 0.6 is 0 Å². The summed E-state index contributed by atoms with van der Waals surface area (Å²) >= 11 is 0. The Kier molecular flexibility index (Phi) is 2.46. The highest BCUT2D eigenvalue weighted by atomic mass is 16.3. The molecule has 1 amide bonds. The van der Waals surface area contributed by atoms with Crippen LogP contribution in [-0.4, -0.2) is 23.7 Å². The van der Waals surface area contributed by atoms with E-state index in [2.05, 4.69) is 5.32 Å². The van der Waals surface area contributed by atoms with Crippen LogP contribution in [0.3, 0.4) is 0 Å². The molecule has 3 saturated carbocycles. The molecule has 0 saturated heterocycles. The van der Waals surface area contributed by atoms with Crippen LogP contribution in [0.25, 0.3) is 0 Å². The molecule has 3 fully saturated rings. The maximum atomic E-state index is 11.9. The number of hydrogen-bond acceptors (Lipinski definition) is 2. The number of rotatable bonds is 4. The molecule has 3 heteroatoms. The SMILES string of the molecule is O=C(NCC1(C2CC2)CC1)C1CCCC1O. The van der Waals surface area contributed by atoms with Gasteiger partial charge in [-0.1, -0.05) is 0 Å². The van der Waals surface area contributed by atoms with Gasteiger partial charge in [0, 0.05) is 6.54 Å². The second-order valence-corrected chi connectivity index (χ2v) is 5.96. The van der Waals surface area contributed by atoms with Crippen molar-refractivity contribution in [3.05, 3.63) is 0 Å². The predicted octanol–water partition coefficient (Wildman–Crippen LogP) is 1.45. The fraction of sp³-hybridized carbons (Fsp3) is 0.923. The van der Waals surface area contributed by atoms with E-state index in [-0.39, 0.29) is 11.8 Å². The zero-order valence-corrected chi connectivity index (χ0v) is 9.74. The molecule has 3 aliphatic rings. The third kappa shape index (κ3) is 1.86. The lowest BCUT2D eigenvalue weighted by Crippen LogP contribution is -2.38. The molecule has 0 aliphatic heterocycles. The average Bonchev–Trinajstić information content (AvgIpc) is 3.14. The smallest absolute Gasteiger partial charge is 0.225 e. The molecule has 2 N–H and O–H groups in total. The molecule has 3 rings (SSSR count). The van der Waals surface area contributed by atoms with Crippen molar-refractivity contribution < 1.29 is 9.90 Å². The van der Waals surface area contributed by atoms with E-state index >= 15 is 0 Å². The third-order valence-corrected chi connectivity index (χ3v) is 4.77. The van der Waals surface area contributed by atoms with Gasteiger partial charge in [0.1, 0.15) is 0 Å². The van der Waals surface area contributed by atoms with Gasteiger partial charge in [-0.25, -0.2) is 0 Å². The number of nitrogens with one attached hydrogen (secondary N) is 1. The first kappa shape index (κ1) is 10.6. The van der Waals surface area contributed by atoms with E-state index in [1.165, 1.54) is 25.7 Å². The summed E-state index contributed by atoms with van der Waals surface area (Å²) in [6.07, 6.45) is 7.58. The van der Waals surface area contributed by atoms with E-state index in [9.17, 15) is 9.90 Å². The van der Waals surface area contributed by atoms with Crippen LogP contribution in [0, 0.1) is 17.3 Å². The highest BCUT2D eigenvalue weighted by molar-refractivity contribution is 5.79. The van der Waals surface area contributed by atoms with E-state index in [0.717, 1.165) is 31.7 Å². The first-order chi connectivity index (χ1) is 7.71. The van der Waals surface area contributed by atoms with Gasteiger partial charge in [0.05, 0.1) is 12.0 Å². The van der Waals surface area contributed by atoms with E-state index < -0.39 is 6.10 Å². The maximum absolute atomic E-state index is 11.9. The Bertz CT molecular complexity index is 294. The number of hydrogen-bond donors (Lipinski definition) is 2. The number of amides is 1. The molecular formula is C13H21NO2. The molecule has 3 aliphatic carbocycles. The van der Waals surface area contributed by atoms with Crippen molar-refractivity contribution in [3.8, 4) is 0 Å². The van der Waals surface area contributed by atoms with Crippen LogP contribution in [0.15, 0.2) is 0 Å². The van der Waals surface area contributed by atoms with Crippen LogP contribution in [0.2, 0.25) is 0 Å². The van der Waals surface area contributed by atoms with Gasteiger partial charge in [-0.15, -0.1) is 0 Å². The minimum Gasteiger partial charge on any atom is -0.392 e. The molecular weight excluding hydrogens is 202 g/mol. The topological polar surface area (TPSA) is 49.3 Å². The number of aliphatic hydroxyl groups excluding tert-OH is 1. The van der Waals surface area contributed by atoms with Crippen LogP contribution in [-0.2, 0) is 4.79 Å². The van der Waals surface area contributed by atoms with Crippen LogP contribution < -0.4 is 5.32 Å². The van der Waals surface area contributed by atoms with Crippen LogP contribution in [0.5, 0.6) is 0 Å². The summed E-state index contributed by atoms with van der Waals surface area (Å²) in [5.41, 5.74) is 0.471. The second-order valence-electron chi connectivity index (χ2n) is 5.96. The Balaban J connectivity index is 1.49. The normalized spacial score (nSPS) is 36.1. The number of carbonyl (C=O) groups excluding carboxylic acids is 1.